The number of rotatable bonds is 6. The van der Waals surface area contributed by atoms with Crippen LogP contribution < -0.4 is 4.74 Å². The van der Waals surface area contributed by atoms with Crippen molar-refractivity contribution in [2.75, 3.05) is 6.54 Å². The van der Waals surface area contributed by atoms with Crippen LogP contribution in [0.15, 0.2) is 44.2 Å². The van der Waals surface area contributed by atoms with E-state index in [0.717, 1.165) is 22.2 Å². The lowest BCUT2D eigenvalue weighted by Crippen LogP contribution is -2.33. The minimum Gasteiger partial charge on any atom is -0.486 e. The second-order valence-electron chi connectivity index (χ2n) is 6.00. The lowest BCUT2D eigenvalue weighted by molar-refractivity contribution is -0.140. The predicted octanol–water partition coefficient (Wildman–Crippen LogP) is 6.38. The highest BCUT2D eigenvalue weighted by Crippen LogP contribution is 2.38. The highest BCUT2D eigenvalue weighted by molar-refractivity contribution is 9.11. The van der Waals surface area contributed by atoms with Crippen LogP contribution in [0.1, 0.15) is 11.1 Å². The third-order valence-electron chi connectivity index (χ3n) is 3.87. The number of thioether (sulfide) groups is 1. The summed E-state index contributed by atoms with van der Waals surface area (Å²) >= 11 is 25.2. The van der Waals surface area contributed by atoms with Crippen molar-refractivity contribution in [2.45, 2.75) is 6.61 Å². The Balaban J connectivity index is 1.79. The van der Waals surface area contributed by atoms with Gasteiger partial charge in [0.25, 0.3) is 5.91 Å². The van der Waals surface area contributed by atoms with E-state index in [4.69, 9.17) is 45.3 Å². The standard InChI is InChI=1S/C19H11Br2Cl2NO4S2/c20-12-3-9(5-15-18(27)24(7-16(25)26)19(29)30-15)4-13(21)17(12)28-8-10-1-2-11(22)6-14(10)23/h1-6H,7-8H2,(H,25,26)/b15-5-. The maximum absolute atomic E-state index is 12.4. The van der Waals surface area contributed by atoms with E-state index in [1.165, 1.54) is 0 Å². The summed E-state index contributed by atoms with van der Waals surface area (Å²) in [6.45, 7) is -0.226. The van der Waals surface area contributed by atoms with Crippen LogP contribution >= 0.6 is 79.0 Å². The average molecular weight is 612 g/mol. The Morgan fingerprint density at radius 2 is 1.90 bits per heavy atom. The summed E-state index contributed by atoms with van der Waals surface area (Å²) < 4.78 is 7.43. The van der Waals surface area contributed by atoms with Crippen LogP contribution in [-0.2, 0) is 16.2 Å². The summed E-state index contributed by atoms with van der Waals surface area (Å²) in [4.78, 5) is 24.8. The van der Waals surface area contributed by atoms with Gasteiger partial charge in [-0.2, -0.15) is 0 Å². The molecule has 2 aromatic rings. The molecule has 2 aromatic carbocycles. The first kappa shape index (κ1) is 23.6. The molecular formula is C19H11Br2Cl2NO4S2. The van der Waals surface area contributed by atoms with E-state index in [1.54, 1.807) is 36.4 Å². The predicted molar refractivity (Wildman–Crippen MR) is 130 cm³/mol. The molecule has 30 heavy (non-hydrogen) atoms. The zero-order chi connectivity index (χ0) is 22.0. The molecule has 0 bridgehead atoms. The molecule has 5 nitrogen and oxygen atoms in total. The molecule has 0 aliphatic carbocycles. The SMILES string of the molecule is O=C(O)CN1C(=O)/C(=C/c2cc(Br)c(OCc3ccc(Cl)cc3Cl)c(Br)c2)SC1=S. The Bertz CT molecular complexity index is 1070. The number of carboxylic acids is 1. The first-order chi connectivity index (χ1) is 14.2. The molecule has 1 heterocycles. The van der Waals surface area contributed by atoms with Gasteiger partial charge in [-0.1, -0.05) is 53.2 Å². The monoisotopic (exact) mass is 609 g/mol. The van der Waals surface area contributed by atoms with Gasteiger partial charge >= 0.3 is 5.97 Å². The van der Waals surface area contributed by atoms with Gasteiger partial charge in [-0.15, -0.1) is 0 Å². The maximum Gasteiger partial charge on any atom is 0.323 e. The van der Waals surface area contributed by atoms with Crippen molar-refractivity contribution >= 4 is 101 Å². The second-order valence-corrected chi connectivity index (χ2v) is 10.2. The highest BCUT2D eigenvalue weighted by Gasteiger charge is 2.33. The number of aliphatic carboxylic acids is 1. The molecule has 0 saturated carbocycles. The fraction of sp³-hybridized carbons (Fsp3) is 0.105. The van der Waals surface area contributed by atoms with Gasteiger partial charge in [-0.3, -0.25) is 14.5 Å². The van der Waals surface area contributed by atoms with Gasteiger partial charge in [0.15, 0.2) is 0 Å². The fourth-order valence-electron chi connectivity index (χ4n) is 2.51. The Morgan fingerprint density at radius 1 is 1.23 bits per heavy atom. The number of carboxylic acid groups (broad SMARTS) is 1. The van der Waals surface area contributed by atoms with Gasteiger partial charge in [0, 0.05) is 15.6 Å². The quantitative estimate of drug-likeness (QED) is 0.302. The number of hydrogen-bond acceptors (Lipinski definition) is 5. The molecule has 0 spiro atoms. The molecular weight excluding hydrogens is 601 g/mol. The summed E-state index contributed by atoms with van der Waals surface area (Å²) in [7, 11) is 0. The average Bonchev–Trinajstić information content (AvgIpc) is 2.89. The lowest BCUT2D eigenvalue weighted by atomic mass is 10.2. The molecule has 1 saturated heterocycles. The van der Waals surface area contributed by atoms with Crippen LogP contribution in [0.2, 0.25) is 10.0 Å². The first-order valence-corrected chi connectivity index (χ1v) is 11.8. The number of halogens is 4. The van der Waals surface area contributed by atoms with E-state index in [2.05, 4.69) is 31.9 Å². The summed E-state index contributed by atoms with van der Waals surface area (Å²) in [5.74, 6) is -0.991. The molecule has 3 rings (SSSR count). The van der Waals surface area contributed by atoms with E-state index in [-0.39, 0.29) is 10.9 Å². The van der Waals surface area contributed by atoms with E-state index >= 15 is 0 Å². The van der Waals surface area contributed by atoms with E-state index in [1.807, 2.05) is 0 Å². The molecule has 0 unspecified atom stereocenters. The van der Waals surface area contributed by atoms with Crippen LogP contribution in [0.5, 0.6) is 5.75 Å². The summed E-state index contributed by atoms with van der Waals surface area (Å²) in [6.07, 6.45) is 1.65. The highest BCUT2D eigenvalue weighted by atomic mass is 79.9. The summed E-state index contributed by atoms with van der Waals surface area (Å²) in [5, 5.41) is 9.98. The van der Waals surface area contributed by atoms with Crippen LogP contribution in [0.4, 0.5) is 0 Å². The third-order valence-corrected chi connectivity index (χ3v) is 7.02. The molecule has 1 aliphatic rings. The maximum atomic E-state index is 12.4. The molecule has 0 aromatic heterocycles. The minimum absolute atomic E-state index is 0.214. The molecule has 1 amide bonds. The van der Waals surface area contributed by atoms with E-state index in [0.29, 0.717) is 35.2 Å². The number of nitrogens with zero attached hydrogens (tertiary/aromatic N) is 1. The number of ether oxygens (including phenoxy) is 1. The van der Waals surface area contributed by atoms with Crippen LogP contribution in [0.25, 0.3) is 6.08 Å². The minimum atomic E-state index is -1.12. The summed E-state index contributed by atoms with van der Waals surface area (Å²) in [6, 6.07) is 8.75. The number of amides is 1. The smallest absolute Gasteiger partial charge is 0.323 e. The molecule has 1 aliphatic heterocycles. The van der Waals surface area contributed by atoms with Crippen molar-refractivity contribution < 1.29 is 19.4 Å². The molecule has 1 N–H and O–H groups in total. The topological polar surface area (TPSA) is 66.8 Å². The molecule has 0 radical (unpaired) electrons. The number of carbonyl (C=O) groups is 2. The van der Waals surface area contributed by atoms with Gasteiger partial charge in [0.05, 0.1) is 13.9 Å². The Hall–Kier alpha value is -1.10. The number of carbonyl (C=O) groups excluding carboxylic acids is 1. The zero-order valence-electron chi connectivity index (χ0n) is 14.8. The number of thiocarbonyl (C=S) groups is 1. The lowest BCUT2D eigenvalue weighted by Gasteiger charge is -2.13. The van der Waals surface area contributed by atoms with Gasteiger partial charge < -0.3 is 9.84 Å². The Labute approximate surface area is 208 Å². The van der Waals surface area contributed by atoms with Crippen molar-refractivity contribution in [1.82, 2.24) is 4.90 Å². The van der Waals surface area contributed by atoms with Gasteiger partial charge in [0.2, 0.25) is 0 Å². The number of hydrogen-bond donors (Lipinski definition) is 1. The van der Waals surface area contributed by atoms with Crippen molar-refractivity contribution in [3.63, 3.8) is 0 Å². The Kier molecular flexibility index (Phi) is 7.86. The van der Waals surface area contributed by atoms with E-state index in [9.17, 15) is 9.59 Å². The fourth-order valence-corrected chi connectivity index (χ4v) is 5.68. The van der Waals surface area contributed by atoms with Crippen LogP contribution in [0, 0.1) is 0 Å². The van der Waals surface area contributed by atoms with Crippen molar-refractivity contribution in [1.29, 1.82) is 0 Å². The first-order valence-electron chi connectivity index (χ1n) is 8.18. The normalized spacial score (nSPS) is 15.2. The zero-order valence-corrected chi connectivity index (χ0v) is 21.1. The van der Waals surface area contributed by atoms with Crippen molar-refractivity contribution in [3.8, 4) is 5.75 Å². The molecule has 0 atom stereocenters. The van der Waals surface area contributed by atoms with Crippen LogP contribution in [0.3, 0.4) is 0 Å². The third kappa shape index (κ3) is 5.57. The summed E-state index contributed by atoms with van der Waals surface area (Å²) in [5.41, 5.74) is 1.49. The molecule has 11 heteroatoms. The Morgan fingerprint density at radius 3 is 2.50 bits per heavy atom. The van der Waals surface area contributed by atoms with Gasteiger partial charge in [-0.25, -0.2) is 0 Å². The van der Waals surface area contributed by atoms with Gasteiger partial charge in [0.1, 0.15) is 23.2 Å². The van der Waals surface area contributed by atoms with E-state index < -0.39 is 18.4 Å². The van der Waals surface area contributed by atoms with Crippen LogP contribution in [-0.4, -0.2) is 32.7 Å². The molecule has 1 fully saturated rings. The second kappa shape index (κ2) is 10.0. The van der Waals surface area contributed by atoms with Crippen molar-refractivity contribution in [2.24, 2.45) is 0 Å². The largest absolute Gasteiger partial charge is 0.486 e. The number of benzene rings is 2. The molecule has 156 valence electrons. The van der Waals surface area contributed by atoms with Gasteiger partial charge in [-0.05, 0) is 67.8 Å². The van der Waals surface area contributed by atoms with Crippen molar-refractivity contribution in [3.05, 3.63) is 65.4 Å².